The molecule has 0 aliphatic carbocycles. The lowest BCUT2D eigenvalue weighted by molar-refractivity contribution is -0.141. The zero-order chi connectivity index (χ0) is 32.7. The van der Waals surface area contributed by atoms with E-state index < -0.39 is 42.7 Å². The van der Waals surface area contributed by atoms with Crippen molar-refractivity contribution in [3.05, 3.63) is 24.0 Å². The Hall–Kier alpha value is -3.92. The minimum Gasteiger partial charge on any atom is -0.443 e. The normalized spacial score (nSPS) is 21.2. The van der Waals surface area contributed by atoms with E-state index >= 15 is 0 Å². The highest BCUT2D eigenvalue weighted by Gasteiger charge is 2.35. The Bertz CT molecular complexity index is 1540. The van der Waals surface area contributed by atoms with Gasteiger partial charge in [0.15, 0.2) is 6.23 Å². The van der Waals surface area contributed by atoms with E-state index in [1.807, 2.05) is 11.8 Å². The molecule has 2 saturated heterocycles. The molecule has 45 heavy (non-hydrogen) atoms. The number of ether oxygens (including phenoxy) is 2. The van der Waals surface area contributed by atoms with E-state index in [0.717, 1.165) is 22.5 Å². The van der Waals surface area contributed by atoms with Crippen molar-refractivity contribution in [3.63, 3.8) is 0 Å². The Morgan fingerprint density at radius 3 is 2.62 bits per heavy atom. The molecular weight excluding hydrogens is 597 g/mol. The molecule has 0 saturated carbocycles. The van der Waals surface area contributed by atoms with Crippen molar-refractivity contribution in [2.24, 2.45) is 0 Å². The van der Waals surface area contributed by atoms with Crippen LogP contribution in [0.15, 0.2) is 18.3 Å². The van der Waals surface area contributed by atoms with Gasteiger partial charge >= 0.3 is 12.3 Å². The minimum absolute atomic E-state index is 0.0571. The third kappa shape index (κ3) is 7.32. The van der Waals surface area contributed by atoms with Crippen LogP contribution < -0.4 is 10.3 Å². The number of rotatable bonds is 5. The van der Waals surface area contributed by atoms with E-state index in [-0.39, 0.29) is 28.5 Å². The fraction of sp³-hybridized carbons (Fsp3) is 0.621. The molecule has 3 aromatic heterocycles. The summed E-state index contributed by atoms with van der Waals surface area (Å²) in [4.78, 5) is 32.5. The Balaban J connectivity index is 1.68. The molecule has 0 aromatic carbocycles. The number of anilines is 1. The van der Waals surface area contributed by atoms with Crippen LogP contribution in [0.2, 0.25) is 0 Å². The predicted molar refractivity (Wildman–Crippen MR) is 157 cm³/mol. The van der Waals surface area contributed by atoms with E-state index in [0.29, 0.717) is 43.8 Å². The molecule has 2 aliphatic rings. The number of nitrogens with one attached hydrogen (secondary N) is 1. The minimum atomic E-state index is -4.62. The molecule has 2 fully saturated rings. The average molecular weight is 637 g/mol. The molecule has 5 heterocycles. The first kappa shape index (κ1) is 32.5. The number of piperidine rings is 1. The second kappa shape index (κ2) is 12.5. The van der Waals surface area contributed by atoms with Gasteiger partial charge in [-0.3, -0.25) is 9.48 Å². The first-order valence-electron chi connectivity index (χ1n) is 15.0. The number of aromatic nitrogens is 5. The lowest BCUT2D eigenvalue weighted by atomic mass is 9.99. The maximum Gasteiger partial charge on any atom is 0.426 e. The first-order valence-corrected chi connectivity index (χ1v) is 15.0. The summed E-state index contributed by atoms with van der Waals surface area (Å²) in [6.07, 6.45) is -1.78. The molecule has 1 unspecified atom stereocenters. The zero-order valence-corrected chi connectivity index (χ0v) is 26.0. The van der Waals surface area contributed by atoms with Crippen molar-refractivity contribution in [2.45, 2.75) is 96.5 Å². The van der Waals surface area contributed by atoms with Crippen LogP contribution in [0.25, 0.3) is 22.4 Å². The smallest absolute Gasteiger partial charge is 0.426 e. The lowest BCUT2D eigenvalue weighted by Gasteiger charge is -2.38. The van der Waals surface area contributed by atoms with Crippen LogP contribution in [-0.2, 0) is 16.0 Å². The molecular formula is C29H39F3N8O5. The van der Waals surface area contributed by atoms with E-state index in [1.165, 1.54) is 19.3 Å². The molecule has 0 radical (unpaired) electrons. The Kier molecular flexibility index (Phi) is 8.99. The Morgan fingerprint density at radius 1 is 1.22 bits per heavy atom. The van der Waals surface area contributed by atoms with Crippen LogP contribution in [-0.4, -0.2) is 90.8 Å². The van der Waals surface area contributed by atoms with Crippen molar-refractivity contribution in [3.8, 4) is 11.4 Å². The summed E-state index contributed by atoms with van der Waals surface area (Å²) in [6.45, 7) is 6.32. The molecule has 3 atom stereocenters. The number of aliphatic hydroxyl groups is 1. The van der Waals surface area contributed by atoms with E-state index in [4.69, 9.17) is 9.47 Å². The maximum absolute atomic E-state index is 14.0. The summed E-state index contributed by atoms with van der Waals surface area (Å²) in [5.74, 6) is -0.729. The van der Waals surface area contributed by atoms with Gasteiger partial charge in [-0.2, -0.15) is 23.4 Å². The number of fused-ring (bicyclic) bond motifs is 1. The highest BCUT2D eigenvalue weighted by atomic mass is 19.4. The van der Waals surface area contributed by atoms with Gasteiger partial charge < -0.3 is 19.5 Å². The lowest BCUT2D eigenvalue weighted by Crippen LogP contribution is -2.46. The number of hydrogen-bond donors (Lipinski definition) is 2. The highest BCUT2D eigenvalue weighted by molar-refractivity contribution is 6.03. The number of carbonyl (C=O) groups excluding carboxylic acids is 2. The van der Waals surface area contributed by atoms with Crippen molar-refractivity contribution >= 4 is 28.7 Å². The molecule has 246 valence electrons. The molecule has 2 N–H and O–H groups in total. The van der Waals surface area contributed by atoms with Crippen LogP contribution in [0.5, 0.6) is 0 Å². The number of alkyl halides is 3. The molecule has 2 aliphatic heterocycles. The van der Waals surface area contributed by atoms with Gasteiger partial charge in [-0.05, 0) is 71.9 Å². The van der Waals surface area contributed by atoms with Crippen molar-refractivity contribution in [1.29, 1.82) is 0 Å². The number of aliphatic hydroxyl groups excluding tert-OH is 1. The summed E-state index contributed by atoms with van der Waals surface area (Å²) in [6, 6.07) is 2.76. The van der Waals surface area contributed by atoms with Crippen molar-refractivity contribution < 1.29 is 37.3 Å². The van der Waals surface area contributed by atoms with Gasteiger partial charge in [0.1, 0.15) is 34.6 Å². The molecule has 13 nitrogen and oxygen atoms in total. The van der Waals surface area contributed by atoms with Crippen LogP contribution >= 0.6 is 0 Å². The second-order valence-corrected chi connectivity index (χ2v) is 12.5. The first-order chi connectivity index (χ1) is 21.1. The predicted octanol–water partition coefficient (Wildman–Crippen LogP) is 4.42. The van der Waals surface area contributed by atoms with E-state index in [1.54, 1.807) is 31.5 Å². The van der Waals surface area contributed by atoms with Crippen LogP contribution in [0.3, 0.4) is 0 Å². The molecule has 16 heteroatoms. The topological polar surface area (TPSA) is 140 Å². The molecule has 2 amide bonds. The summed E-state index contributed by atoms with van der Waals surface area (Å²) < 4.78 is 55.5. The number of carbonyl (C=O) groups is 2. The third-order valence-electron chi connectivity index (χ3n) is 7.69. The molecule has 0 bridgehead atoms. The maximum atomic E-state index is 14.0. The number of hydrogen-bond acceptors (Lipinski definition) is 9. The highest BCUT2D eigenvalue weighted by Crippen LogP contribution is 2.39. The van der Waals surface area contributed by atoms with Gasteiger partial charge in [-0.15, -0.1) is 0 Å². The summed E-state index contributed by atoms with van der Waals surface area (Å²) in [5, 5.41) is 20.0. The van der Waals surface area contributed by atoms with Crippen LogP contribution in [0.1, 0.15) is 76.5 Å². The monoisotopic (exact) mass is 636 g/mol. The fourth-order valence-electron chi connectivity index (χ4n) is 5.76. The number of hydrazine groups is 1. The second-order valence-electron chi connectivity index (χ2n) is 12.5. The van der Waals surface area contributed by atoms with Crippen LogP contribution in [0.4, 0.5) is 23.7 Å². The quantitative estimate of drug-likeness (QED) is 0.390. The standard InChI is InChI=1S/C29H39F3N8O5/c1-17-14-18(41)10-12-38(17)21-15-19(26(42)37(5)36-27(43)45-28(2,3)4)34-24-23(35-39(25(21)24)16-29(30,31)32)20-9-11-33-40(20)22-8-6-7-13-44-22/h9,11,15,17-18,22,41H,6-8,10,12-14,16H2,1-5H3,(H,36,43)/t17-,18-,22?/m1/s1. The number of pyridine rings is 1. The van der Waals surface area contributed by atoms with Crippen LogP contribution in [0, 0.1) is 0 Å². The van der Waals surface area contributed by atoms with Gasteiger partial charge in [-0.1, -0.05) is 0 Å². The van der Waals surface area contributed by atoms with Gasteiger partial charge in [0, 0.05) is 32.4 Å². The molecule has 3 aromatic rings. The van der Waals surface area contributed by atoms with Crippen molar-refractivity contribution in [1.82, 2.24) is 35.0 Å². The molecule has 0 spiro atoms. The summed E-state index contributed by atoms with van der Waals surface area (Å²) in [7, 11) is 1.32. The van der Waals surface area contributed by atoms with E-state index in [2.05, 4.69) is 20.6 Å². The SMILES string of the molecule is C[C@@H]1C[C@H](O)CCN1c1cc(C(=O)N(C)NC(=O)OC(C)(C)C)nc2c(-c3ccnn3C3CCCCO3)nn(CC(F)(F)F)c12. The van der Waals surface area contributed by atoms with Crippen molar-refractivity contribution in [2.75, 3.05) is 25.1 Å². The summed E-state index contributed by atoms with van der Waals surface area (Å²) >= 11 is 0. The zero-order valence-electron chi connectivity index (χ0n) is 26.0. The molecule has 5 rings (SSSR count). The average Bonchev–Trinajstić information content (AvgIpc) is 3.56. The van der Waals surface area contributed by atoms with E-state index in [9.17, 15) is 27.9 Å². The van der Waals surface area contributed by atoms with Gasteiger partial charge in [-0.25, -0.2) is 24.9 Å². The van der Waals surface area contributed by atoms with Gasteiger partial charge in [0.05, 0.1) is 17.5 Å². The Morgan fingerprint density at radius 2 is 1.98 bits per heavy atom. The number of nitrogens with zero attached hydrogens (tertiary/aromatic N) is 7. The number of amides is 2. The van der Waals surface area contributed by atoms with Gasteiger partial charge in [0.2, 0.25) is 0 Å². The summed E-state index contributed by atoms with van der Waals surface area (Å²) in [5.41, 5.74) is 2.34. The number of halogens is 3. The third-order valence-corrected chi connectivity index (χ3v) is 7.69. The largest absolute Gasteiger partial charge is 0.443 e. The Labute approximate surface area is 258 Å². The van der Waals surface area contributed by atoms with Gasteiger partial charge in [0.25, 0.3) is 5.91 Å². The fourth-order valence-corrected chi connectivity index (χ4v) is 5.76.